The molecule has 1 aromatic carbocycles. The van der Waals surface area contributed by atoms with Crippen LogP contribution in [0.4, 0.5) is 18.9 Å². The molecule has 0 aliphatic rings. The zero-order chi connectivity index (χ0) is 15.3. The Hall–Kier alpha value is -2.18. The molecule has 0 amide bonds. The second-order valence-corrected chi connectivity index (χ2v) is 4.46. The third-order valence-electron chi connectivity index (χ3n) is 2.77. The van der Waals surface area contributed by atoms with Gasteiger partial charge in [0.1, 0.15) is 5.75 Å². The molecule has 1 aromatic heterocycles. The summed E-state index contributed by atoms with van der Waals surface area (Å²) >= 11 is 0. The number of halogens is 3. The van der Waals surface area contributed by atoms with Gasteiger partial charge < -0.3 is 10.1 Å². The van der Waals surface area contributed by atoms with E-state index in [2.05, 4.69) is 10.4 Å². The van der Waals surface area contributed by atoms with Crippen molar-refractivity contribution in [2.75, 3.05) is 11.9 Å². The number of benzene rings is 1. The lowest BCUT2D eigenvalue weighted by molar-refractivity contribution is -0.153. The topological polar surface area (TPSA) is 39.1 Å². The van der Waals surface area contributed by atoms with Crippen LogP contribution < -0.4 is 10.1 Å². The van der Waals surface area contributed by atoms with Gasteiger partial charge in [0.25, 0.3) is 0 Å². The Morgan fingerprint density at radius 1 is 1.29 bits per heavy atom. The van der Waals surface area contributed by atoms with Crippen molar-refractivity contribution in [1.82, 2.24) is 9.78 Å². The zero-order valence-corrected chi connectivity index (χ0v) is 11.5. The smallest absolute Gasteiger partial charge is 0.422 e. The molecule has 0 saturated carbocycles. The maximum Gasteiger partial charge on any atom is 0.422 e. The number of rotatable bonds is 6. The Morgan fingerprint density at radius 3 is 2.71 bits per heavy atom. The van der Waals surface area contributed by atoms with Crippen LogP contribution in [0.1, 0.15) is 12.5 Å². The SMILES string of the molecule is CCn1cc(CNc2ccccc2OCC(F)(F)F)cn1. The van der Waals surface area contributed by atoms with E-state index in [0.29, 0.717) is 12.2 Å². The fourth-order valence-electron chi connectivity index (χ4n) is 1.77. The highest BCUT2D eigenvalue weighted by Crippen LogP contribution is 2.26. The van der Waals surface area contributed by atoms with E-state index in [0.717, 1.165) is 12.1 Å². The minimum absolute atomic E-state index is 0.178. The van der Waals surface area contributed by atoms with Gasteiger partial charge in [-0.15, -0.1) is 0 Å². The molecule has 7 heteroatoms. The Bertz CT molecular complexity index is 581. The van der Waals surface area contributed by atoms with Crippen molar-refractivity contribution in [3.63, 3.8) is 0 Å². The predicted molar refractivity (Wildman–Crippen MR) is 73.2 cm³/mol. The number of anilines is 1. The lowest BCUT2D eigenvalue weighted by Gasteiger charge is -2.14. The van der Waals surface area contributed by atoms with Crippen LogP contribution in [-0.4, -0.2) is 22.6 Å². The quantitative estimate of drug-likeness (QED) is 0.888. The van der Waals surface area contributed by atoms with E-state index in [9.17, 15) is 13.2 Å². The molecule has 2 aromatic rings. The summed E-state index contributed by atoms with van der Waals surface area (Å²) < 4.78 is 43.2. The molecule has 21 heavy (non-hydrogen) atoms. The van der Waals surface area contributed by atoms with Gasteiger partial charge in [-0.3, -0.25) is 4.68 Å². The fraction of sp³-hybridized carbons (Fsp3) is 0.357. The Balaban J connectivity index is 1.99. The average Bonchev–Trinajstić information content (AvgIpc) is 2.91. The molecule has 114 valence electrons. The standard InChI is InChI=1S/C14H16F3N3O/c1-2-20-9-11(8-19-20)7-18-12-5-3-4-6-13(12)21-10-14(15,16)17/h3-6,8-9,18H,2,7,10H2,1H3. The summed E-state index contributed by atoms with van der Waals surface area (Å²) in [5.41, 5.74) is 1.47. The van der Waals surface area contributed by atoms with Gasteiger partial charge in [-0.25, -0.2) is 0 Å². The van der Waals surface area contributed by atoms with E-state index in [1.807, 2.05) is 13.1 Å². The number of nitrogens with one attached hydrogen (secondary N) is 1. The Morgan fingerprint density at radius 2 is 2.05 bits per heavy atom. The number of aryl methyl sites for hydroxylation is 1. The van der Waals surface area contributed by atoms with Crippen LogP contribution in [0.2, 0.25) is 0 Å². The Labute approximate surface area is 120 Å². The van der Waals surface area contributed by atoms with Crippen molar-refractivity contribution >= 4 is 5.69 Å². The van der Waals surface area contributed by atoms with E-state index in [1.165, 1.54) is 6.07 Å². The van der Waals surface area contributed by atoms with Crippen LogP contribution in [0.3, 0.4) is 0 Å². The highest BCUT2D eigenvalue weighted by atomic mass is 19.4. The molecule has 0 fully saturated rings. The first-order chi connectivity index (χ1) is 9.98. The van der Waals surface area contributed by atoms with Crippen molar-refractivity contribution < 1.29 is 17.9 Å². The molecule has 4 nitrogen and oxygen atoms in total. The molecular weight excluding hydrogens is 283 g/mol. The molecule has 1 heterocycles. The van der Waals surface area contributed by atoms with E-state index < -0.39 is 12.8 Å². The third kappa shape index (κ3) is 4.70. The van der Waals surface area contributed by atoms with Gasteiger partial charge in [0, 0.05) is 24.8 Å². The molecule has 0 aliphatic carbocycles. The van der Waals surface area contributed by atoms with Gasteiger partial charge in [-0.1, -0.05) is 12.1 Å². The minimum Gasteiger partial charge on any atom is -0.482 e. The number of alkyl halides is 3. The van der Waals surface area contributed by atoms with Crippen molar-refractivity contribution in [3.8, 4) is 5.75 Å². The van der Waals surface area contributed by atoms with Gasteiger partial charge >= 0.3 is 6.18 Å². The van der Waals surface area contributed by atoms with Crippen molar-refractivity contribution in [2.24, 2.45) is 0 Å². The number of nitrogens with zero attached hydrogens (tertiary/aromatic N) is 2. The summed E-state index contributed by atoms with van der Waals surface area (Å²) in [6.45, 7) is 1.90. The molecule has 0 spiro atoms. The highest BCUT2D eigenvalue weighted by molar-refractivity contribution is 5.56. The molecule has 2 rings (SSSR count). The van der Waals surface area contributed by atoms with Crippen LogP contribution in [-0.2, 0) is 13.1 Å². The number of para-hydroxylation sites is 2. The third-order valence-corrected chi connectivity index (χ3v) is 2.77. The summed E-state index contributed by atoms with van der Waals surface area (Å²) in [4.78, 5) is 0. The lowest BCUT2D eigenvalue weighted by Crippen LogP contribution is -2.19. The second-order valence-electron chi connectivity index (χ2n) is 4.46. The van der Waals surface area contributed by atoms with E-state index >= 15 is 0 Å². The van der Waals surface area contributed by atoms with Gasteiger partial charge in [-0.2, -0.15) is 18.3 Å². The van der Waals surface area contributed by atoms with Gasteiger partial charge in [0.05, 0.1) is 11.9 Å². The van der Waals surface area contributed by atoms with Crippen molar-refractivity contribution in [3.05, 3.63) is 42.2 Å². The number of aromatic nitrogens is 2. The first-order valence-electron chi connectivity index (χ1n) is 6.51. The molecule has 0 radical (unpaired) electrons. The molecule has 0 atom stereocenters. The molecule has 1 N–H and O–H groups in total. The largest absolute Gasteiger partial charge is 0.482 e. The summed E-state index contributed by atoms with van der Waals surface area (Å²) in [6.07, 6.45) is -0.753. The summed E-state index contributed by atoms with van der Waals surface area (Å²) in [6, 6.07) is 6.55. The highest BCUT2D eigenvalue weighted by Gasteiger charge is 2.28. The van der Waals surface area contributed by atoms with Gasteiger partial charge in [-0.05, 0) is 19.1 Å². The first kappa shape index (κ1) is 15.2. The normalized spacial score (nSPS) is 11.4. The fourth-order valence-corrected chi connectivity index (χ4v) is 1.77. The van der Waals surface area contributed by atoms with Gasteiger partial charge in [0.15, 0.2) is 6.61 Å². The van der Waals surface area contributed by atoms with E-state index in [4.69, 9.17) is 4.74 Å². The molecular formula is C14H16F3N3O. The maximum atomic E-state index is 12.2. The molecule has 0 bridgehead atoms. The molecule has 0 unspecified atom stereocenters. The van der Waals surface area contributed by atoms with Crippen LogP contribution in [0.5, 0.6) is 5.75 Å². The predicted octanol–water partition coefficient (Wildman–Crippen LogP) is 3.46. The summed E-state index contributed by atoms with van der Waals surface area (Å²) in [7, 11) is 0. The van der Waals surface area contributed by atoms with Gasteiger partial charge in [0.2, 0.25) is 0 Å². The number of hydrogen-bond acceptors (Lipinski definition) is 3. The van der Waals surface area contributed by atoms with E-state index in [1.54, 1.807) is 29.1 Å². The molecule has 0 aliphatic heterocycles. The van der Waals surface area contributed by atoms with Crippen LogP contribution in [0.25, 0.3) is 0 Å². The monoisotopic (exact) mass is 299 g/mol. The first-order valence-corrected chi connectivity index (χ1v) is 6.51. The van der Waals surface area contributed by atoms with Crippen LogP contribution in [0, 0.1) is 0 Å². The summed E-state index contributed by atoms with van der Waals surface area (Å²) in [5.74, 6) is 0.178. The average molecular weight is 299 g/mol. The molecule has 0 saturated heterocycles. The number of hydrogen-bond donors (Lipinski definition) is 1. The maximum absolute atomic E-state index is 12.2. The lowest BCUT2D eigenvalue weighted by atomic mass is 10.2. The van der Waals surface area contributed by atoms with Crippen molar-refractivity contribution in [1.29, 1.82) is 0 Å². The second kappa shape index (κ2) is 6.51. The Kier molecular flexibility index (Phi) is 4.72. The zero-order valence-electron chi connectivity index (χ0n) is 11.5. The van der Waals surface area contributed by atoms with Crippen LogP contribution >= 0.6 is 0 Å². The minimum atomic E-state index is -4.35. The van der Waals surface area contributed by atoms with Crippen LogP contribution in [0.15, 0.2) is 36.7 Å². The number of ether oxygens (including phenoxy) is 1. The van der Waals surface area contributed by atoms with E-state index in [-0.39, 0.29) is 5.75 Å². The summed E-state index contributed by atoms with van der Waals surface area (Å²) in [5, 5.41) is 7.19. The van der Waals surface area contributed by atoms with Crippen molar-refractivity contribution in [2.45, 2.75) is 26.2 Å².